The van der Waals surface area contributed by atoms with Crippen molar-refractivity contribution in [3.05, 3.63) is 47.5 Å². The lowest BCUT2D eigenvalue weighted by atomic mass is 10.1. The van der Waals surface area contributed by atoms with Crippen LogP contribution in [0.4, 0.5) is 10.1 Å². The van der Waals surface area contributed by atoms with Crippen LogP contribution in [0.25, 0.3) is 0 Å². The standard InChI is InChI=1S/C12H12FN3O/c1-8-3-4-11(13)10(5-8)12(17)15-9-6-14-16(2)7-9/h3-7H,1-2H3,(H,15,17). The summed E-state index contributed by atoms with van der Waals surface area (Å²) < 4.78 is 15.0. The maximum atomic E-state index is 13.4. The van der Waals surface area contributed by atoms with E-state index in [1.165, 1.54) is 18.3 Å². The minimum atomic E-state index is -0.531. The number of hydrogen-bond acceptors (Lipinski definition) is 2. The summed E-state index contributed by atoms with van der Waals surface area (Å²) in [5.74, 6) is -1.00. The number of anilines is 1. The van der Waals surface area contributed by atoms with Gasteiger partial charge in [0.25, 0.3) is 5.91 Å². The Morgan fingerprint density at radius 2 is 2.24 bits per heavy atom. The average molecular weight is 233 g/mol. The van der Waals surface area contributed by atoms with Gasteiger partial charge in [-0.2, -0.15) is 5.10 Å². The monoisotopic (exact) mass is 233 g/mol. The number of aromatic nitrogens is 2. The van der Waals surface area contributed by atoms with Gasteiger partial charge in [0.05, 0.1) is 17.4 Å². The molecule has 0 aliphatic rings. The van der Waals surface area contributed by atoms with Crippen molar-refractivity contribution in [3.63, 3.8) is 0 Å². The minimum Gasteiger partial charge on any atom is -0.319 e. The summed E-state index contributed by atoms with van der Waals surface area (Å²) in [4.78, 5) is 11.8. The van der Waals surface area contributed by atoms with E-state index in [9.17, 15) is 9.18 Å². The molecule has 2 aromatic rings. The lowest BCUT2D eigenvalue weighted by Gasteiger charge is -2.04. The van der Waals surface area contributed by atoms with Crippen LogP contribution in [0.3, 0.4) is 0 Å². The van der Waals surface area contributed by atoms with Gasteiger partial charge in [0.15, 0.2) is 0 Å². The molecule has 0 spiro atoms. The van der Waals surface area contributed by atoms with Crippen molar-refractivity contribution in [1.82, 2.24) is 9.78 Å². The third kappa shape index (κ3) is 2.50. The van der Waals surface area contributed by atoms with Crippen molar-refractivity contribution in [2.45, 2.75) is 6.92 Å². The Bertz CT molecular complexity index is 563. The molecule has 0 bridgehead atoms. The van der Waals surface area contributed by atoms with Crippen molar-refractivity contribution in [2.75, 3.05) is 5.32 Å². The highest BCUT2D eigenvalue weighted by Crippen LogP contribution is 2.13. The molecule has 5 heteroatoms. The average Bonchev–Trinajstić information content (AvgIpc) is 2.67. The van der Waals surface area contributed by atoms with E-state index in [1.807, 2.05) is 0 Å². The van der Waals surface area contributed by atoms with Crippen molar-refractivity contribution in [2.24, 2.45) is 7.05 Å². The molecule has 0 aliphatic carbocycles. The second-order valence-electron chi connectivity index (χ2n) is 3.84. The first-order valence-electron chi connectivity index (χ1n) is 5.12. The van der Waals surface area contributed by atoms with Crippen molar-refractivity contribution < 1.29 is 9.18 Å². The zero-order valence-electron chi connectivity index (χ0n) is 9.57. The molecule has 0 atom stereocenters. The Morgan fingerprint density at radius 1 is 1.47 bits per heavy atom. The summed E-state index contributed by atoms with van der Waals surface area (Å²) in [5.41, 5.74) is 1.41. The molecule has 1 heterocycles. The van der Waals surface area contributed by atoms with Gasteiger partial charge in [-0.1, -0.05) is 11.6 Å². The van der Waals surface area contributed by atoms with E-state index in [0.29, 0.717) is 5.69 Å². The molecule has 0 fully saturated rings. The molecule has 4 nitrogen and oxygen atoms in total. The summed E-state index contributed by atoms with van der Waals surface area (Å²) >= 11 is 0. The lowest BCUT2D eigenvalue weighted by Crippen LogP contribution is -2.13. The van der Waals surface area contributed by atoms with Crippen LogP contribution in [0, 0.1) is 12.7 Å². The molecule has 0 saturated carbocycles. The molecule has 0 aliphatic heterocycles. The molecule has 0 unspecified atom stereocenters. The van der Waals surface area contributed by atoms with Crippen LogP contribution in [0.1, 0.15) is 15.9 Å². The molecule has 88 valence electrons. The van der Waals surface area contributed by atoms with Crippen LogP contribution in [-0.4, -0.2) is 15.7 Å². The number of amides is 1. The van der Waals surface area contributed by atoms with Crippen LogP contribution >= 0.6 is 0 Å². The lowest BCUT2D eigenvalue weighted by molar-refractivity contribution is 0.102. The van der Waals surface area contributed by atoms with Gasteiger partial charge in [-0.3, -0.25) is 9.48 Å². The predicted octanol–water partition coefficient (Wildman–Crippen LogP) is 2.12. The maximum Gasteiger partial charge on any atom is 0.258 e. The van der Waals surface area contributed by atoms with Gasteiger partial charge in [0.1, 0.15) is 5.82 Å². The van der Waals surface area contributed by atoms with E-state index in [2.05, 4.69) is 10.4 Å². The zero-order chi connectivity index (χ0) is 12.4. The first-order chi connectivity index (χ1) is 8.06. The van der Waals surface area contributed by atoms with E-state index < -0.39 is 11.7 Å². The maximum absolute atomic E-state index is 13.4. The second kappa shape index (κ2) is 4.37. The first-order valence-corrected chi connectivity index (χ1v) is 5.12. The molecule has 0 radical (unpaired) electrons. The van der Waals surface area contributed by atoms with Gasteiger partial charge in [0.2, 0.25) is 0 Å². The summed E-state index contributed by atoms with van der Waals surface area (Å²) in [6.07, 6.45) is 3.15. The summed E-state index contributed by atoms with van der Waals surface area (Å²) in [7, 11) is 1.74. The van der Waals surface area contributed by atoms with E-state index >= 15 is 0 Å². The molecule has 0 saturated heterocycles. The smallest absolute Gasteiger partial charge is 0.258 e. The Morgan fingerprint density at radius 3 is 2.88 bits per heavy atom. The topological polar surface area (TPSA) is 46.9 Å². The molecular weight excluding hydrogens is 221 g/mol. The number of carbonyl (C=O) groups is 1. The van der Waals surface area contributed by atoms with Gasteiger partial charge in [-0.25, -0.2) is 4.39 Å². The van der Waals surface area contributed by atoms with Gasteiger partial charge in [-0.15, -0.1) is 0 Å². The summed E-state index contributed by atoms with van der Waals surface area (Å²) in [5, 5.41) is 6.50. The predicted molar refractivity (Wildman–Crippen MR) is 62.3 cm³/mol. The molecule has 1 amide bonds. The number of halogens is 1. The molecule has 1 aromatic carbocycles. The van der Waals surface area contributed by atoms with Crippen molar-refractivity contribution >= 4 is 11.6 Å². The molecular formula is C12H12FN3O. The molecule has 1 N–H and O–H groups in total. The Balaban J connectivity index is 2.22. The van der Waals surface area contributed by atoms with Crippen LogP contribution < -0.4 is 5.32 Å². The quantitative estimate of drug-likeness (QED) is 0.863. The largest absolute Gasteiger partial charge is 0.319 e. The summed E-state index contributed by atoms with van der Waals surface area (Å²) in [6, 6.07) is 4.42. The third-order valence-electron chi connectivity index (χ3n) is 2.33. The number of carbonyl (C=O) groups excluding carboxylic acids is 1. The second-order valence-corrected chi connectivity index (χ2v) is 3.84. The van der Waals surface area contributed by atoms with E-state index in [-0.39, 0.29) is 5.56 Å². The van der Waals surface area contributed by atoms with E-state index in [1.54, 1.807) is 30.9 Å². The number of rotatable bonds is 2. The van der Waals surface area contributed by atoms with Gasteiger partial charge in [0, 0.05) is 13.2 Å². The fourth-order valence-corrected chi connectivity index (χ4v) is 1.50. The molecule has 1 aromatic heterocycles. The summed E-state index contributed by atoms with van der Waals surface area (Å²) in [6.45, 7) is 1.81. The third-order valence-corrected chi connectivity index (χ3v) is 2.33. The van der Waals surface area contributed by atoms with Crippen LogP contribution in [0.15, 0.2) is 30.6 Å². The van der Waals surface area contributed by atoms with Crippen LogP contribution in [0.5, 0.6) is 0 Å². The zero-order valence-corrected chi connectivity index (χ0v) is 9.57. The number of aryl methyl sites for hydroxylation is 2. The van der Waals surface area contributed by atoms with Gasteiger partial charge in [-0.05, 0) is 19.1 Å². The van der Waals surface area contributed by atoms with Gasteiger partial charge >= 0.3 is 0 Å². The fourth-order valence-electron chi connectivity index (χ4n) is 1.50. The first kappa shape index (κ1) is 11.3. The minimum absolute atomic E-state index is 0.0360. The fraction of sp³-hybridized carbons (Fsp3) is 0.167. The van der Waals surface area contributed by atoms with Crippen LogP contribution in [-0.2, 0) is 7.05 Å². The highest BCUT2D eigenvalue weighted by molar-refractivity contribution is 6.04. The number of nitrogens with one attached hydrogen (secondary N) is 1. The molecule has 2 rings (SSSR count). The van der Waals surface area contributed by atoms with Crippen molar-refractivity contribution in [3.8, 4) is 0 Å². The Kier molecular flexibility index (Phi) is 2.91. The van der Waals surface area contributed by atoms with E-state index in [0.717, 1.165) is 5.56 Å². The molecule has 17 heavy (non-hydrogen) atoms. The number of hydrogen-bond donors (Lipinski definition) is 1. The van der Waals surface area contributed by atoms with Crippen molar-refractivity contribution in [1.29, 1.82) is 0 Å². The van der Waals surface area contributed by atoms with Crippen LogP contribution in [0.2, 0.25) is 0 Å². The Hall–Kier alpha value is -2.17. The number of nitrogens with zero attached hydrogens (tertiary/aromatic N) is 2. The SMILES string of the molecule is Cc1ccc(F)c(C(=O)Nc2cnn(C)c2)c1. The van der Waals surface area contributed by atoms with Gasteiger partial charge < -0.3 is 5.32 Å². The van der Waals surface area contributed by atoms with E-state index in [4.69, 9.17) is 0 Å². The highest BCUT2D eigenvalue weighted by Gasteiger charge is 2.12. The highest BCUT2D eigenvalue weighted by atomic mass is 19.1. The normalized spacial score (nSPS) is 10.3. The Labute approximate surface area is 98.1 Å². The number of benzene rings is 1.